The Bertz CT molecular complexity index is 211. The molecule has 4 nitrogen and oxygen atoms in total. The van der Waals surface area contributed by atoms with Crippen LogP contribution in [0.25, 0.3) is 0 Å². The van der Waals surface area contributed by atoms with Gasteiger partial charge in [0.2, 0.25) is 0 Å². The summed E-state index contributed by atoms with van der Waals surface area (Å²) in [4.78, 5) is 2.43. The molecule has 0 amide bonds. The predicted octanol–water partition coefficient (Wildman–Crippen LogP) is 0.603. The molecule has 100 valence electrons. The first-order valence-corrected chi connectivity index (χ1v) is 7.01. The summed E-state index contributed by atoms with van der Waals surface area (Å²) in [5.74, 6) is 0. The number of rotatable bonds is 5. The molecule has 4 heteroatoms. The van der Waals surface area contributed by atoms with Crippen molar-refractivity contribution in [1.29, 1.82) is 0 Å². The fourth-order valence-electron chi connectivity index (χ4n) is 2.92. The summed E-state index contributed by atoms with van der Waals surface area (Å²) in [6.45, 7) is 6.18. The molecule has 1 saturated carbocycles. The van der Waals surface area contributed by atoms with Crippen molar-refractivity contribution in [2.24, 2.45) is 0 Å². The van der Waals surface area contributed by atoms with Gasteiger partial charge in [0.15, 0.2) is 0 Å². The molecule has 17 heavy (non-hydrogen) atoms. The number of aliphatic hydroxyl groups is 1. The largest absolute Gasteiger partial charge is 0.394 e. The van der Waals surface area contributed by atoms with E-state index in [1.54, 1.807) is 0 Å². The van der Waals surface area contributed by atoms with Crippen molar-refractivity contribution >= 4 is 0 Å². The Morgan fingerprint density at radius 3 is 2.47 bits per heavy atom. The molecule has 2 aliphatic rings. The number of aliphatic hydroxyl groups excluding tert-OH is 1. The van der Waals surface area contributed by atoms with E-state index in [0.717, 1.165) is 52.2 Å². The van der Waals surface area contributed by atoms with Gasteiger partial charge in [0.1, 0.15) is 0 Å². The monoisotopic (exact) mass is 242 g/mol. The van der Waals surface area contributed by atoms with Crippen molar-refractivity contribution in [3.8, 4) is 0 Å². The summed E-state index contributed by atoms with van der Waals surface area (Å²) in [6.07, 6.45) is 6.10. The highest BCUT2D eigenvalue weighted by Gasteiger charge is 2.30. The minimum absolute atomic E-state index is 0.0184. The third kappa shape index (κ3) is 3.91. The molecule has 1 aliphatic heterocycles. The van der Waals surface area contributed by atoms with E-state index in [4.69, 9.17) is 4.74 Å². The molecule has 0 spiro atoms. The van der Waals surface area contributed by atoms with Crippen molar-refractivity contribution in [3.63, 3.8) is 0 Å². The van der Waals surface area contributed by atoms with Crippen LogP contribution in [0.4, 0.5) is 0 Å². The summed E-state index contributed by atoms with van der Waals surface area (Å²) >= 11 is 0. The van der Waals surface area contributed by atoms with E-state index in [0.29, 0.717) is 0 Å². The first-order valence-electron chi connectivity index (χ1n) is 7.01. The van der Waals surface area contributed by atoms with Crippen LogP contribution in [-0.4, -0.2) is 61.5 Å². The van der Waals surface area contributed by atoms with Crippen LogP contribution in [0.15, 0.2) is 0 Å². The Morgan fingerprint density at radius 1 is 1.12 bits per heavy atom. The Kier molecular flexibility index (Phi) is 5.22. The van der Waals surface area contributed by atoms with Gasteiger partial charge in [-0.15, -0.1) is 0 Å². The second-order valence-electron chi connectivity index (χ2n) is 5.38. The molecule has 2 rings (SSSR count). The quantitative estimate of drug-likeness (QED) is 0.741. The fourth-order valence-corrected chi connectivity index (χ4v) is 2.92. The minimum Gasteiger partial charge on any atom is -0.394 e. The van der Waals surface area contributed by atoms with E-state index in [1.807, 2.05) is 0 Å². The smallest absolute Gasteiger partial charge is 0.0613 e. The molecule has 2 fully saturated rings. The second kappa shape index (κ2) is 6.69. The second-order valence-corrected chi connectivity index (χ2v) is 5.38. The van der Waals surface area contributed by atoms with Crippen molar-refractivity contribution in [3.05, 3.63) is 0 Å². The molecule has 1 heterocycles. The van der Waals surface area contributed by atoms with Gasteiger partial charge < -0.3 is 15.2 Å². The Labute approximate surface area is 104 Å². The lowest BCUT2D eigenvalue weighted by atomic mass is 9.82. The summed E-state index contributed by atoms with van der Waals surface area (Å²) in [6, 6.07) is 0. The Hall–Kier alpha value is -0.160. The first kappa shape index (κ1) is 13.3. The Balaban J connectivity index is 1.68. The standard InChI is InChI=1S/C13H26N2O2/c16-12-13(4-2-1-3-5-13)14-6-7-15-8-10-17-11-9-15/h14,16H,1-12H2. The zero-order chi connectivity index (χ0) is 12.0. The van der Waals surface area contributed by atoms with Crippen LogP contribution >= 0.6 is 0 Å². The van der Waals surface area contributed by atoms with Gasteiger partial charge in [0.05, 0.1) is 19.8 Å². The number of ether oxygens (including phenoxy) is 1. The van der Waals surface area contributed by atoms with Crippen LogP contribution in [0, 0.1) is 0 Å². The topological polar surface area (TPSA) is 44.7 Å². The molecular weight excluding hydrogens is 216 g/mol. The maximum atomic E-state index is 9.58. The van der Waals surface area contributed by atoms with Gasteiger partial charge in [-0.3, -0.25) is 4.90 Å². The number of nitrogens with zero attached hydrogens (tertiary/aromatic N) is 1. The van der Waals surface area contributed by atoms with Crippen molar-refractivity contribution < 1.29 is 9.84 Å². The zero-order valence-electron chi connectivity index (χ0n) is 10.8. The maximum Gasteiger partial charge on any atom is 0.0613 e. The molecule has 0 aromatic heterocycles. The van der Waals surface area contributed by atoms with E-state index < -0.39 is 0 Å². The summed E-state index contributed by atoms with van der Waals surface area (Å²) in [7, 11) is 0. The number of hydrogen-bond donors (Lipinski definition) is 2. The SMILES string of the molecule is OCC1(NCCN2CCOCC2)CCCCC1. The number of morpholine rings is 1. The molecule has 0 aromatic carbocycles. The van der Waals surface area contributed by atoms with E-state index in [1.165, 1.54) is 19.3 Å². The minimum atomic E-state index is 0.0184. The highest BCUT2D eigenvalue weighted by Crippen LogP contribution is 2.27. The normalized spacial score (nSPS) is 25.9. The average Bonchev–Trinajstić information content (AvgIpc) is 2.41. The molecule has 0 unspecified atom stereocenters. The van der Waals surface area contributed by atoms with Crippen LogP contribution in [0.2, 0.25) is 0 Å². The molecular formula is C13H26N2O2. The summed E-state index contributed by atoms with van der Waals surface area (Å²) < 4.78 is 5.33. The van der Waals surface area contributed by atoms with Crippen molar-refractivity contribution in [2.75, 3.05) is 46.0 Å². The van der Waals surface area contributed by atoms with Gasteiger partial charge in [0.25, 0.3) is 0 Å². The van der Waals surface area contributed by atoms with E-state index in [9.17, 15) is 5.11 Å². The third-order valence-corrected chi connectivity index (χ3v) is 4.15. The highest BCUT2D eigenvalue weighted by molar-refractivity contribution is 4.90. The molecule has 2 N–H and O–H groups in total. The average molecular weight is 242 g/mol. The van der Waals surface area contributed by atoms with Crippen LogP contribution in [-0.2, 0) is 4.74 Å². The van der Waals surface area contributed by atoms with Crippen molar-refractivity contribution in [1.82, 2.24) is 10.2 Å². The Morgan fingerprint density at radius 2 is 1.82 bits per heavy atom. The van der Waals surface area contributed by atoms with Gasteiger partial charge in [-0.1, -0.05) is 19.3 Å². The lowest BCUT2D eigenvalue weighted by Crippen LogP contribution is -2.52. The van der Waals surface area contributed by atoms with Gasteiger partial charge >= 0.3 is 0 Å². The fraction of sp³-hybridized carbons (Fsp3) is 1.00. The molecule has 1 aliphatic carbocycles. The zero-order valence-corrected chi connectivity index (χ0v) is 10.8. The van der Waals surface area contributed by atoms with E-state index >= 15 is 0 Å². The lowest BCUT2D eigenvalue weighted by Gasteiger charge is -2.37. The predicted molar refractivity (Wildman–Crippen MR) is 68.2 cm³/mol. The molecule has 0 bridgehead atoms. The van der Waals surface area contributed by atoms with Crippen molar-refractivity contribution in [2.45, 2.75) is 37.6 Å². The number of hydrogen-bond acceptors (Lipinski definition) is 4. The summed E-state index contributed by atoms with van der Waals surface area (Å²) in [5.41, 5.74) is 0.0184. The van der Waals surface area contributed by atoms with Crippen LogP contribution in [0.3, 0.4) is 0 Å². The van der Waals surface area contributed by atoms with Gasteiger partial charge in [-0.05, 0) is 12.8 Å². The van der Waals surface area contributed by atoms with E-state index in [-0.39, 0.29) is 12.1 Å². The first-order chi connectivity index (χ1) is 8.35. The highest BCUT2D eigenvalue weighted by atomic mass is 16.5. The third-order valence-electron chi connectivity index (χ3n) is 4.15. The van der Waals surface area contributed by atoms with Gasteiger partial charge in [-0.2, -0.15) is 0 Å². The number of nitrogens with one attached hydrogen (secondary N) is 1. The maximum absolute atomic E-state index is 9.58. The van der Waals surface area contributed by atoms with E-state index in [2.05, 4.69) is 10.2 Å². The molecule has 0 atom stereocenters. The van der Waals surface area contributed by atoms with Crippen LogP contribution < -0.4 is 5.32 Å². The lowest BCUT2D eigenvalue weighted by molar-refractivity contribution is 0.0354. The molecule has 0 aromatic rings. The van der Waals surface area contributed by atoms with Gasteiger partial charge in [0, 0.05) is 31.7 Å². The van der Waals surface area contributed by atoms with Crippen LogP contribution in [0.1, 0.15) is 32.1 Å². The summed E-state index contributed by atoms with van der Waals surface area (Å²) in [5, 5.41) is 13.2. The molecule has 1 saturated heterocycles. The molecule has 0 radical (unpaired) electrons. The van der Waals surface area contributed by atoms with Crippen LogP contribution in [0.5, 0.6) is 0 Å². The van der Waals surface area contributed by atoms with Gasteiger partial charge in [-0.25, -0.2) is 0 Å².